The van der Waals surface area contributed by atoms with E-state index in [1.54, 1.807) is 0 Å². The number of rotatable bonds is 12. The van der Waals surface area contributed by atoms with E-state index in [1.807, 2.05) is 0 Å². The Morgan fingerprint density at radius 2 is 1.16 bits per heavy atom. The summed E-state index contributed by atoms with van der Waals surface area (Å²) < 4.78 is 6.11. The van der Waals surface area contributed by atoms with Crippen molar-refractivity contribution < 1.29 is 4.74 Å². The summed E-state index contributed by atoms with van der Waals surface area (Å²) in [6.45, 7) is 5.59. The summed E-state index contributed by atoms with van der Waals surface area (Å²) in [5.74, 6) is 3.15. The Bertz CT molecular complexity index is 297. The quantitative estimate of drug-likeness (QED) is 0.325. The molecule has 0 amide bonds. The van der Waals surface area contributed by atoms with Crippen molar-refractivity contribution in [2.75, 3.05) is 6.61 Å². The molecule has 2 rings (SSSR count). The Morgan fingerprint density at radius 3 is 1.80 bits per heavy atom. The minimum atomic E-state index is 0.590. The smallest absolute Gasteiger partial charge is 0.0575 e. The maximum Gasteiger partial charge on any atom is 0.0575 e. The summed E-state index contributed by atoms with van der Waals surface area (Å²) in [6.07, 6.45) is 25.0. The Kier molecular flexibility index (Phi) is 11.2. The fourth-order valence-corrected chi connectivity index (χ4v) is 5.31. The third kappa shape index (κ3) is 8.46. The van der Waals surface area contributed by atoms with Crippen molar-refractivity contribution in [3.05, 3.63) is 0 Å². The molecule has 0 bridgehead atoms. The first-order chi connectivity index (χ1) is 12.3. The van der Waals surface area contributed by atoms with Gasteiger partial charge >= 0.3 is 0 Å². The van der Waals surface area contributed by atoms with Gasteiger partial charge in [-0.3, -0.25) is 0 Å². The molecule has 148 valence electrons. The van der Waals surface area contributed by atoms with Crippen LogP contribution in [0.25, 0.3) is 0 Å². The molecule has 2 saturated carbocycles. The van der Waals surface area contributed by atoms with Crippen LogP contribution < -0.4 is 0 Å². The molecule has 2 aliphatic carbocycles. The van der Waals surface area contributed by atoms with Gasteiger partial charge in [-0.25, -0.2) is 0 Å². The highest BCUT2D eigenvalue weighted by molar-refractivity contribution is 4.82. The third-order valence-corrected chi connectivity index (χ3v) is 7.09. The van der Waals surface area contributed by atoms with Crippen molar-refractivity contribution in [2.45, 2.75) is 129 Å². The molecule has 2 fully saturated rings. The average molecular weight is 351 g/mol. The summed E-state index contributed by atoms with van der Waals surface area (Å²) in [7, 11) is 0. The minimum Gasteiger partial charge on any atom is -0.378 e. The molecule has 2 aliphatic rings. The molecule has 0 aromatic carbocycles. The van der Waals surface area contributed by atoms with E-state index in [1.165, 1.54) is 109 Å². The summed E-state index contributed by atoms with van der Waals surface area (Å²) in [5, 5.41) is 0. The van der Waals surface area contributed by atoms with Crippen molar-refractivity contribution in [2.24, 2.45) is 17.8 Å². The van der Waals surface area contributed by atoms with Crippen molar-refractivity contribution in [3.8, 4) is 0 Å². The first-order valence-corrected chi connectivity index (χ1v) is 11.9. The van der Waals surface area contributed by atoms with Crippen LogP contribution in [-0.2, 0) is 4.74 Å². The normalized spacial score (nSPS) is 30.5. The molecular formula is C24H46O. The Balaban J connectivity index is 1.52. The minimum absolute atomic E-state index is 0.590. The standard InChI is InChI=1S/C24H46O/c1-3-5-7-8-9-11-21-12-14-22(15-13-21)23-16-18-24(19-17-23)25-20-10-6-4-2/h21-24H,3-20H2,1-2H3/t21-,22-,23-,24-. The zero-order valence-corrected chi connectivity index (χ0v) is 17.4. The summed E-state index contributed by atoms with van der Waals surface area (Å²) >= 11 is 0. The van der Waals surface area contributed by atoms with Gasteiger partial charge in [0.15, 0.2) is 0 Å². The van der Waals surface area contributed by atoms with Crippen LogP contribution in [0.15, 0.2) is 0 Å². The molecule has 0 atom stereocenters. The van der Waals surface area contributed by atoms with E-state index in [0.717, 1.165) is 24.4 Å². The molecule has 1 heteroatoms. The van der Waals surface area contributed by atoms with Gasteiger partial charge in [0.25, 0.3) is 0 Å². The van der Waals surface area contributed by atoms with Crippen LogP contribution in [0.3, 0.4) is 0 Å². The van der Waals surface area contributed by atoms with Crippen LogP contribution in [0, 0.1) is 17.8 Å². The zero-order valence-electron chi connectivity index (χ0n) is 17.4. The Labute approximate surface area is 158 Å². The first-order valence-electron chi connectivity index (χ1n) is 11.9. The van der Waals surface area contributed by atoms with E-state index in [0.29, 0.717) is 6.10 Å². The van der Waals surface area contributed by atoms with Crippen LogP contribution >= 0.6 is 0 Å². The maximum atomic E-state index is 6.11. The van der Waals surface area contributed by atoms with E-state index >= 15 is 0 Å². The second-order valence-corrected chi connectivity index (χ2v) is 9.10. The van der Waals surface area contributed by atoms with Gasteiger partial charge in [-0.15, -0.1) is 0 Å². The van der Waals surface area contributed by atoms with Crippen molar-refractivity contribution in [3.63, 3.8) is 0 Å². The van der Waals surface area contributed by atoms with Crippen LogP contribution in [0.2, 0.25) is 0 Å². The molecule has 0 saturated heterocycles. The van der Waals surface area contributed by atoms with E-state index < -0.39 is 0 Å². The molecule has 0 aromatic rings. The van der Waals surface area contributed by atoms with Crippen molar-refractivity contribution in [1.82, 2.24) is 0 Å². The van der Waals surface area contributed by atoms with Crippen molar-refractivity contribution in [1.29, 1.82) is 0 Å². The SMILES string of the molecule is CCCCCCC[C@H]1CC[C@H]([C@H]2CC[C@H](OCCCCC)CC2)CC1. The van der Waals surface area contributed by atoms with Crippen LogP contribution in [0.4, 0.5) is 0 Å². The summed E-state index contributed by atoms with van der Waals surface area (Å²) in [5.41, 5.74) is 0. The van der Waals surface area contributed by atoms with Gasteiger partial charge in [-0.2, -0.15) is 0 Å². The Morgan fingerprint density at radius 1 is 0.600 bits per heavy atom. The fourth-order valence-electron chi connectivity index (χ4n) is 5.31. The molecule has 1 nitrogen and oxygen atoms in total. The highest BCUT2D eigenvalue weighted by Gasteiger charge is 2.30. The van der Waals surface area contributed by atoms with Crippen molar-refractivity contribution >= 4 is 0 Å². The molecule has 25 heavy (non-hydrogen) atoms. The zero-order chi connectivity index (χ0) is 17.7. The lowest BCUT2D eigenvalue weighted by atomic mass is 9.70. The first kappa shape index (κ1) is 21.3. The number of ether oxygens (including phenoxy) is 1. The van der Waals surface area contributed by atoms with Gasteiger partial charge < -0.3 is 4.74 Å². The third-order valence-electron chi connectivity index (χ3n) is 7.09. The van der Waals surface area contributed by atoms with Gasteiger partial charge in [-0.1, -0.05) is 78.1 Å². The van der Waals surface area contributed by atoms with Gasteiger partial charge in [0, 0.05) is 6.61 Å². The lowest BCUT2D eigenvalue weighted by Gasteiger charge is -2.38. The van der Waals surface area contributed by atoms with E-state index in [4.69, 9.17) is 4.74 Å². The molecule has 0 aromatic heterocycles. The maximum absolute atomic E-state index is 6.11. The molecule has 0 radical (unpaired) electrons. The number of hydrogen-bond donors (Lipinski definition) is 0. The Hall–Kier alpha value is -0.0400. The predicted octanol–water partition coefficient (Wildman–Crippen LogP) is 7.92. The number of hydrogen-bond acceptors (Lipinski definition) is 1. The highest BCUT2D eigenvalue weighted by atomic mass is 16.5. The summed E-state index contributed by atoms with van der Waals surface area (Å²) in [4.78, 5) is 0. The molecule has 0 spiro atoms. The van der Waals surface area contributed by atoms with E-state index in [2.05, 4.69) is 13.8 Å². The lowest BCUT2D eigenvalue weighted by Crippen LogP contribution is -2.28. The van der Waals surface area contributed by atoms with Crippen LogP contribution in [0.5, 0.6) is 0 Å². The largest absolute Gasteiger partial charge is 0.378 e. The molecule has 0 aliphatic heterocycles. The van der Waals surface area contributed by atoms with E-state index in [-0.39, 0.29) is 0 Å². The van der Waals surface area contributed by atoms with Gasteiger partial charge in [0.2, 0.25) is 0 Å². The predicted molar refractivity (Wildman–Crippen MR) is 110 cm³/mol. The topological polar surface area (TPSA) is 9.23 Å². The second kappa shape index (κ2) is 13.2. The second-order valence-electron chi connectivity index (χ2n) is 9.10. The molecule has 0 unspecified atom stereocenters. The molecule has 0 N–H and O–H groups in total. The fraction of sp³-hybridized carbons (Fsp3) is 1.00. The van der Waals surface area contributed by atoms with Gasteiger partial charge in [0.1, 0.15) is 0 Å². The monoisotopic (exact) mass is 350 g/mol. The van der Waals surface area contributed by atoms with Gasteiger partial charge in [0.05, 0.1) is 6.10 Å². The summed E-state index contributed by atoms with van der Waals surface area (Å²) in [6, 6.07) is 0. The lowest BCUT2D eigenvalue weighted by molar-refractivity contribution is 0.00538. The van der Waals surface area contributed by atoms with E-state index in [9.17, 15) is 0 Å². The average Bonchev–Trinajstić information content (AvgIpc) is 2.66. The van der Waals surface area contributed by atoms with Gasteiger partial charge in [-0.05, 0) is 62.7 Å². The molecular weight excluding hydrogens is 304 g/mol. The highest BCUT2D eigenvalue weighted by Crippen LogP contribution is 2.41. The number of unbranched alkanes of at least 4 members (excludes halogenated alkanes) is 6. The van der Waals surface area contributed by atoms with Crippen LogP contribution in [0.1, 0.15) is 123 Å². The van der Waals surface area contributed by atoms with Crippen LogP contribution in [-0.4, -0.2) is 12.7 Å². The molecule has 0 heterocycles.